The Balaban J connectivity index is 1.53. The molecule has 0 spiro atoms. The minimum Gasteiger partial charge on any atom is -0.361 e. The zero-order chi connectivity index (χ0) is 22.7. The van der Waals surface area contributed by atoms with Crippen molar-refractivity contribution in [3.8, 4) is 0 Å². The standard InChI is InChI=1S/C24H25N5O3/c1-16-20(17(2)32-27-16)15-29-21-12-19(13-25-23(21)26-14-22(29)30)24(31)28(3)11-7-10-18-8-5-4-6-9-18/h4-10,12-13H,11,14-15H2,1-3H3,(H,25,26)/b10-7+. The van der Waals surface area contributed by atoms with Gasteiger partial charge in [0.15, 0.2) is 5.82 Å². The first-order valence-corrected chi connectivity index (χ1v) is 10.4. The van der Waals surface area contributed by atoms with Gasteiger partial charge in [0.1, 0.15) is 5.76 Å². The third-order valence-electron chi connectivity index (χ3n) is 5.45. The normalized spacial score (nSPS) is 13.2. The van der Waals surface area contributed by atoms with E-state index in [2.05, 4.69) is 15.5 Å². The molecule has 0 radical (unpaired) electrons. The van der Waals surface area contributed by atoms with E-state index in [0.717, 1.165) is 16.8 Å². The molecule has 164 valence electrons. The van der Waals surface area contributed by atoms with E-state index in [1.165, 1.54) is 6.20 Å². The zero-order valence-corrected chi connectivity index (χ0v) is 18.3. The molecule has 8 nitrogen and oxygen atoms in total. The van der Waals surface area contributed by atoms with Crippen LogP contribution in [0, 0.1) is 13.8 Å². The molecule has 0 saturated heterocycles. The van der Waals surface area contributed by atoms with E-state index in [1.54, 1.807) is 22.9 Å². The Kier molecular flexibility index (Phi) is 6.02. The van der Waals surface area contributed by atoms with Crippen LogP contribution in [0.25, 0.3) is 6.08 Å². The highest BCUT2D eigenvalue weighted by atomic mass is 16.5. The second kappa shape index (κ2) is 9.05. The Morgan fingerprint density at radius 1 is 1.28 bits per heavy atom. The average Bonchev–Trinajstić information content (AvgIpc) is 3.12. The van der Waals surface area contributed by atoms with Crippen LogP contribution in [0.4, 0.5) is 11.5 Å². The molecule has 0 fully saturated rings. The van der Waals surface area contributed by atoms with Gasteiger partial charge in [0, 0.05) is 25.4 Å². The predicted octanol–water partition coefficient (Wildman–Crippen LogP) is 3.43. The van der Waals surface area contributed by atoms with E-state index in [-0.39, 0.29) is 18.4 Å². The summed E-state index contributed by atoms with van der Waals surface area (Å²) in [6.45, 7) is 4.56. The molecular weight excluding hydrogens is 406 g/mol. The fourth-order valence-electron chi connectivity index (χ4n) is 3.57. The van der Waals surface area contributed by atoms with Gasteiger partial charge in [-0.15, -0.1) is 0 Å². The average molecular weight is 431 g/mol. The van der Waals surface area contributed by atoms with Crippen molar-refractivity contribution in [3.63, 3.8) is 0 Å². The monoisotopic (exact) mass is 431 g/mol. The number of aromatic nitrogens is 2. The lowest BCUT2D eigenvalue weighted by Gasteiger charge is -2.30. The highest BCUT2D eigenvalue weighted by Crippen LogP contribution is 2.31. The van der Waals surface area contributed by atoms with Gasteiger partial charge in [-0.25, -0.2) is 4.98 Å². The van der Waals surface area contributed by atoms with E-state index in [9.17, 15) is 9.59 Å². The lowest BCUT2D eigenvalue weighted by atomic mass is 10.1. The van der Waals surface area contributed by atoms with Crippen molar-refractivity contribution in [2.75, 3.05) is 30.4 Å². The van der Waals surface area contributed by atoms with E-state index >= 15 is 0 Å². The van der Waals surface area contributed by atoms with Crippen molar-refractivity contribution in [2.45, 2.75) is 20.4 Å². The number of amides is 2. The van der Waals surface area contributed by atoms with Gasteiger partial charge in [0.05, 0.1) is 30.0 Å². The number of likely N-dealkylation sites (N-methyl/N-ethyl adjacent to an activating group) is 1. The number of nitrogens with zero attached hydrogens (tertiary/aromatic N) is 4. The lowest BCUT2D eigenvalue weighted by Crippen LogP contribution is -2.40. The molecule has 1 aliphatic heterocycles. The first-order chi connectivity index (χ1) is 15.4. The highest BCUT2D eigenvalue weighted by molar-refractivity contribution is 6.04. The maximum atomic E-state index is 13.0. The molecule has 2 amide bonds. The van der Waals surface area contributed by atoms with Crippen LogP contribution in [-0.2, 0) is 11.3 Å². The van der Waals surface area contributed by atoms with E-state index in [1.807, 2.05) is 56.3 Å². The number of rotatable bonds is 6. The lowest BCUT2D eigenvalue weighted by molar-refractivity contribution is -0.117. The van der Waals surface area contributed by atoms with Crippen molar-refractivity contribution in [3.05, 3.63) is 76.8 Å². The van der Waals surface area contributed by atoms with Gasteiger partial charge in [0.25, 0.3) is 5.91 Å². The summed E-state index contributed by atoms with van der Waals surface area (Å²) in [6.07, 6.45) is 5.45. The second-order valence-electron chi connectivity index (χ2n) is 7.73. The molecule has 3 heterocycles. The number of aryl methyl sites for hydroxylation is 2. The van der Waals surface area contributed by atoms with E-state index in [0.29, 0.717) is 35.9 Å². The SMILES string of the molecule is Cc1noc(C)c1CN1C(=O)CNc2ncc(C(=O)N(C)C/C=C/c3ccccc3)cc21. The minimum absolute atomic E-state index is 0.108. The summed E-state index contributed by atoms with van der Waals surface area (Å²) in [5, 5.41) is 6.99. The van der Waals surface area contributed by atoms with E-state index < -0.39 is 0 Å². The Bertz CT molecular complexity index is 1150. The van der Waals surface area contributed by atoms with Gasteiger partial charge in [-0.3, -0.25) is 9.59 Å². The second-order valence-corrected chi connectivity index (χ2v) is 7.73. The van der Waals surface area contributed by atoms with Crippen LogP contribution in [0.1, 0.15) is 32.9 Å². The molecule has 0 atom stereocenters. The van der Waals surface area contributed by atoms with Gasteiger partial charge >= 0.3 is 0 Å². The van der Waals surface area contributed by atoms with Gasteiger partial charge in [-0.2, -0.15) is 0 Å². The summed E-state index contributed by atoms with van der Waals surface area (Å²) in [6, 6.07) is 11.6. The number of carbonyl (C=O) groups is 2. The van der Waals surface area contributed by atoms with Crippen LogP contribution >= 0.6 is 0 Å². The maximum absolute atomic E-state index is 13.0. The number of hydrogen-bond acceptors (Lipinski definition) is 6. The topological polar surface area (TPSA) is 91.6 Å². The Morgan fingerprint density at radius 2 is 2.06 bits per heavy atom. The number of fused-ring (bicyclic) bond motifs is 1. The quantitative estimate of drug-likeness (QED) is 0.643. The van der Waals surface area contributed by atoms with Crippen molar-refractivity contribution in [1.29, 1.82) is 0 Å². The number of pyridine rings is 1. The van der Waals surface area contributed by atoms with E-state index in [4.69, 9.17) is 4.52 Å². The molecule has 1 N–H and O–H groups in total. The molecule has 0 saturated carbocycles. The molecule has 1 aliphatic rings. The first kappa shape index (κ1) is 21.3. The summed E-state index contributed by atoms with van der Waals surface area (Å²) in [5.74, 6) is 0.955. The van der Waals surface area contributed by atoms with Crippen LogP contribution in [0.2, 0.25) is 0 Å². The third-order valence-corrected chi connectivity index (χ3v) is 5.45. The van der Waals surface area contributed by atoms with Crippen molar-refractivity contribution in [2.24, 2.45) is 0 Å². The molecule has 32 heavy (non-hydrogen) atoms. The molecule has 1 aromatic carbocycles. The van der Waals surface area contributed by atoms with Crippen molar-refractivity contribution in [1.82, 2.24) is 15.0 Å². The summed E-state index contributed by atoms with van der Waals surface area (Å²) in [7, 11) is 1.74. The molecule has 3 aromatic rings. The smallest absolute Gasteiger partial charge is 0.255 e. The molecule has 0 aliphatic carbocycles. The summed E-state index contributed by atoms with van der Waals surface area (Å²) >= 11 is 0. The van der Waals surface area contributed by atoms with Crippen LogP contribution < -0.4 is 10.2 Å². The fraction of sp³-hybridized carbons (Fsp3) is 0.250. The zero-order valence-electron chi connectivity index (χ0n) is 18.3. The summed E-state index contributed by atoms with van der Waals surface area (Å²) in [5.41, 5.74) is 3.65. The fourth-order valence-corrected chi connectivity index (χ4v) is 3.57. The highest BCUT2D eigenvalue weighted by Gasteiger charge is 2.28. The summed E-state index contributed by atoms with van der Waals surface area (Å²) in [4.78, 5) is 33.3. The van der Waals surface area contributed by atoms with Gasteiger partial charge in [-0.1, -0.05) is 47.6 Å². The van der Waals surface area contributed by atoms with Gasteiger partial charge < -0.3 is 19.6 Å². The van der Waals surface area contributed by atoms with Crippen molar-refractivity contribution >= 4 is 29.4 Å². The summed E-state index contributed by atoms with van der Waals surface area (Å²) < 4.78 is 5.24. The molecule has 8 heteroatoms. The predicted molar refractivity (Wildman–Crippen MR) is 122 cm³/mol. The Labute approximate surface area is 186 Å². The molecule has 0 unspecified atom stereocenters. The van der Waals surface area contributed by atoms with Crippen LogP contribution in [0.5, 0.6) is 0 Å². The molecular formula is C24H25N5O3. The Hall–Kier alpha value is -3.94. The van der Waals surface area contributed by atoms with Gasteiger partial charge in [0.2, 0.25) is 5.91 Å². The largest absolute Gasteiger partial charge is 0.361 e. The van der Waals surface area contributed by atoms with Crippen LogP contribution in [-0.4, -0.2) is 47.0 Å². The third kappa shape index (κ3) is 4.39. The number of carbonyl (C=O) groups excluding carboxylic acids is 2. The van der Waals surface area contributed by atoms with Crippen molar-refractivity contribution < 1.29 is 14.1 Å². The number of benzene rings is 1. The molecule has 0 bridgehead atoms. The molecule has 4 rings (SSSR count). The Morgan fingerprint density at radius 3 is 2.78 bits per heavy atom. The first-order valence-electron chi connectivity index (χ1n) is 10.4. The maximum Gasteiger partial charge on any atom is 0.255 e. The number of nitrogens with one attached hydrogen (secondary N) is 1. The minimum atomic E-state index is -0.173. The van der Waals surface area contributed by atoms with Gasteiger partial charge in [-0.05, 0) is 25.5 Å². The van der Waals surface area contributed by atoms with Crippen LogP contribution in [0.3, 0.4) is 0 Å². The van der Waals surface area contributed by atoms with Crippen LogP contribution in [0.15, 0.2) is 53.2 Å². The number of hydrogen-bond donors (Lipinski definition) is 1. The molecule has 2 aromatic heterocycles. The number of anilines is 2.